The second-order valence-corrected chi connectivity index (χ2v) is 9.81. The Morgan fingerprint density at radius 1 is 1.12 bits per heavy atom. The highest BCUT2D eigenvalue weighted by molar-refractivity contribution is 6.31. The van der Waals surface area contributed by atoms with Crippen LogP contribution in [0.4, 0.5) is 5.69 Å². The average Bonchev–Trinajstić information content (AvgIpc) is 3.43. The largest absolute Gasteiger partial charge is 0.477 e. The van der Waals surface area contributed by atoms with Crippen molar-refractivity contribution in [1.29, 1.82) is 0 Å². The fraction of sp³-hybridized carbons (Fsp3) is 0.172. The van der Waals surface area contributed by atoms with Gasteiger partial charge >= 0.3 is 5.69 Å². The van der Waals surface area contributed by atoms with E-state index in [2.05, 4.69) is 10.1 Å². The van der Waals surface area contributed by atoms with Gasteiger partial charge in [0.1, 0.15) is 5.58 Å². The third-order valence-electron chi connectivity index (χ3n) is 6.67. The molecule has 0 aliphatic carbocycles. The molecule has 0 radical (unpaired) electrons. The zero-order chi connectivity index (χ0) is 29.2. The summed E-state index contributed by atoms with van der Waals surface area (Å²) < 4.78 is 17.8. The van der Waals surface area contributed by atoms with Gasteiger partial charge in [-0.25, -0.2) is 4.98 Å². The molecule has 212 valence electrons. The predicted molar refractivity (Wildman–Crippen MR) is 155 cm³/mol. The molecule has 3 heterocycles. The number of rotatable bonds is 7. The van der Waals surface area contributed by atoms with Gasteiger partial charge in [0.25, 0.3) is 11.5 Å². The van der Waals surface area contributed by atoms with Gasteiger partial charge in [-0.3, -0.25) is 19.7 Å². The van der Waals surface area contributed by atoms with Crippen molar-refractivity contribution in [2.45, 2.75) is 0 Å². The average molecular weight is 588 g/mol. The quantitative estimate of drug-likeness (QED) is 0.154. The van der Waals surface area contributed by atoms with Crippen LogP contribution in [0.2, 0.25) is 5.02 Å². The number of amides is 1. The Bertz CT molecular complexity index is 1930. The molecule has 13 heteroatoms. The summed E-state index contributed by atoms with van der Waals surface area (Å²) in [7, 11) is 0. The molecule has 2 aromatic heterocycles. The summed E-state index contributed by atoms with van der Waals surface area (Å²) in [5.41, 5.74) is 0.501. The minimum absolute atomic E-state index is 0.0649. The highest BCUT2D eigenvalue weighted by Crippen LogP contribution is 2.30. The summed E-state index contributed by atoms with van der Waals surface area (Å²) in [6, 6.07) is 17.8. The summed E-state index contributed by atoms with van der Waals surface area (Å²) in [5.74, 6) is 0.0667. The number of nitrogens with zero attached hydrogens (tertiary/aromatic N) is 5. The summed E-state index contributed by atoms with van der Waals surface area (Å²) in [4.78, 5) is 43.3. The number of ether oxygens (including phenoxy) is 2. The van der Waals surface area contributed by atoms with Crippen LogP contribution in [0.15, 0.2) is 81.0 Å². The van der Waals surface area contributed by atoms with Crippen LogP contribution in [0.5, 0.6) is 5.75 Å². The van der Waals surface area contributed by atoms with Crippen molar-refractivity contribution in [3.05, 3.63) is 97.8 Å². The first-order valence-corrected chi connectivity index (χ1v) is 13.3. The van der Waals surface area contributed by atoms with E-state index in [4.69, 9.17) is 25.5 Å². The molecule has 1 amide bonds. The molecule has 6 rings (SSSR count). The van der Waals surface area contributed by atoms with Crippen LogP contribution in [-0.2, 0) is 9.53 Å². The standard InChI is InChI=1S/C29H22ClN5O7/c30-20-6-8-24-19(14-20)15-26(42-24)28-32-22-4-2-1-3-21(22)29(37)34(28)31-16-18-5-7-25(23(13-18)35(38)39)41-17-27(36)33-9-11-40-12-10-33/h1-8,13-16H,9-12,17H2. The second kappa shape index (κ2) is 11.4. The molecule has 42 heavy (non-hydrogen) atoms. The van der Waals surface area contributed by atoms with E-state index in [1.807, 2.05) is 0 Å². The van der Waals surface area contributed by atoms with Crippen LogP contribution < -0.4 is 10.3 Å². The maximum Gasteiger partial charge on any atom is 0.311 e. The smallest absolute Gasteiger partial charge is 0.311 e. The SMILES string of the molecule is O=C(COc1ccc(C=Nn2c(-c3cc4cc(Cl)ccc4o3)nc3ccccc3c2=O)cc1[N+](=O)[O-])N1CCOCC1. The number of hydrogen-bond acceptors (Lipinski definition) is 9. The lowest BCUT2D eigenvalue weighted by Gasteiger charge is -2.26. The summed E-state index contributed by atoms with van der Waals surface area (Å²) in [6.07, 6.45) is 1.30. The molecule has 12 nitrogen and oxygen atoms in total. The molecule has 1 aliphatic heterocycles. The molecule has 1 fully saturated rings. The highest BCUT2D eigenvalue weighted by atomic mass is 35.5. The molecule has 1 aliphatic rings. The molecule has 0 spiro atoms. The van der Waals surface area contributed by atoms with E-state index in [1.54, 1.807) is 53.4 Å². The van der Waals surface area contributed by atoms with E-state index in [-0.39, 0.29) is 35.5 Å². The topological polar surface area (TPSA) is 142 Å². The number of carbonyl (C=O) groups excluding carboxylic acids is 1. The summed E-state index contributed by atoms with van der Waals surface area (Å²) in [5, 5.41) is 17.7. The molecule has 3 aromatic carbocycles. The first-order chi connectivity index (χ1) is 20.4. The van der Waals surface area contributed by atoms with Gasteiger partial charge in [-0.05, 0) is 48.5 Å². The number of carbonyl (C=O) groups is 1. The molecular formula is C29H22ClN5O7. The minimum Gasteiger partial charge on any atom is -0.477 e. The van der Waals surface area contributed by atoms with Crippen LogP contribution >= 0.6 is 11.6 Å². The van der Waals surface area contributed by atoms with Crippen molar-refractivity contribution in [3.8, 4) is 17.3 Å². The number of benzene rings is 3. The molecule has 0 bridgehead atoms. The Hall–Kier alpha value is -5.07. The summed E-state index contributed by atoms with van der Waals surface area (Å²) >= 11 is 6.13. The van der Waals surface area contributed by atoms with Crippen molar-refractivity contribution in [3.63, 3.8) is 0 Å². The van der Waals surface area contributed by atoms with Crippen molar-refractivity contribution in [1.82, 2.24) is 14.6 Å². The van der Waals surface area contributed by atoms with E-state index in [1.165, 1.54) is 24.4 Å². The molecular weight excluding hydrogens is 566 g/mol. The van der Waals surface area contributed by atoms with Crippen LogP contribution in [0.3, 0.4) is 0 Å². The zero-order valence-corrected chi connectivity index (χ0v) is 22.7. The monoisotopic (exact) mass is 587 g/mol. The number of halogens is 1. The van der Waals surface area contributed by atoms with Crippen LogP contribution in [0.1, 0.15) is 5.56 Å². The molecule has 0 atom stereocenters. The predicted octanol–water partition coefficient (Wildman–Crippen LogP) is 4.49. The van der Waals surface area contributed by atoms with Gasteiger partial charge in [-0.2, -0.15) is 9.78 Å². The minimum atomic E-state index is -0.611. The highest BCUT2D eigenvalue weighted by Gasteiger charge is 2.21. The van der Waals surface area contributed by atoms with Crippen LogP contribution in [0, 0.1) is 10.1 Å². The van der Waals surface area contributed by atoms with Crippen LogP contribution in [0.25, 0.3) is 33.5 Å². The molecule has 1 saturated heterocycles. The van der Waals surface area contributed by atoms with Crippen molar-refractivity contribution in [2.75, 3.05) is 32.9 Å². The second-order valence-electron chi connectivity index (χ2n) is 9.37. The first-order valence-electron chi connectivity index (χ1n) is 12.9. The van der Waals surface area contributed by atoms with E-state index in [0.717, 1.165) is 4.68 Å². The fourth-order valence-corrected chi connectivity index (χ4v) is 4.74. The Labute approximate surface area is 242 Å². The molecule has 0 saturated carbocycles. The van der Waals surface area contributed by atoms with Crippen molar-refractivity contribution in [2.24, 2.45) is 5.10 Å². The van der Waals surface area contributed by atoms with Gasteiger partial charge in [0.15, 0.2) is 18.1 Å². The lowest BCUT2D eigenvalue weighted by molar-refractivity contribution is -0.385. The van der Waals surface area contributed by atoms with Gasteiger partial charge in [0.05, 0.1) is 35.3 Å². The number of furan rings is 1. The Balaban J connectivity index is 1.34. The molecule has 0 N–H and O–H groups in total. The maximum absolute atomic E-state index is 13.5. The maximum atomic E-state index is 13.5. The number of fused-ring (bicyclic) bond motifs is 2. The number of morpholine rings is 1. The van der Waals surface area contributed by atoms with Gasteiger partial charge in [-0.1, -0.05) is 23.7 Å². The normalized spacial score (nSPS) is 13.7. The number of hydrogen-bond donors (Lipinski definition) is 0. The molecule has 5 aromatic rings. The summed E-state index contributed by atoms with van der Waals surface area (Å²) in [6.45, 7) is 1.39. The number of nitro benzene ring substituents is 1. The first kappa shape index (κ1) is 27.1. The van der Waals surface area contributed by atoms with E-state index in [0.29, 0.717) is 58.8 Å². The third kappa shape index (κ3) is 5.45. The zero-order valence-electron chi connectivity index (χ0n) is 21.9. The van der Waals surface area contributed by atoms with Gasteiger partial charge in [0, 0.05) is 35.1 Å². The Morgan fingerprint density at radius 3 is 2.74 bits per heavy atom. The number of nitro groups is 1. The lowest BCUT2D eigenvalue weighted by atomic mass is 10.2. The Kier molecular flexibility index (Phi) is 7.38. The van der Waals surface area contributed by atoms with Gasteiger partial charge in [-0.15, -0.1) is 0 Å². The van der Waals surface area contributed by atoms with Crippen LogP contribution in [-0.4, -0.2) is 64.5 Å². The van der Waals surface area contributed by atoms with Gasteiger partial charge < -0.3 is 18.8 Å². The van der Waals surface area contributed by atoms with E-state index < -0.39 is 10.5 Å². The molecule has 0 unspecified atom stereocenters. The fourth-order valence-electron chi connectivity index (χ4n) is 4.56. The Morgan fingerprint density at radius 2 is 1.93 bits per heavy atom. The van der Waals surface area contributed by atoms with Crippen molar-refractivity contribution >= 4 is 51.3 Å². The van der Waals surface area contributed by atoms with Crippen molar-refractivity contribution < 1.29 is 23.6 Å². The third-order valence-corrected chi connectivity index (χ3v) is 6.90. The van der Waals surface area contributed by atoms with E-state index >= 15 is 0 Å². The number of para-hydroxylation sites is 1. The van der Waals surface area contributed by atoms with E-state index in [9.17, 15) is 19.7 Å². The lowest BCUT2D eigenvalue weighted by Crippen LogP contribution is -2.43. The van der Waals surface area contributed by atoms with Gasteiger partial charge in [0.2, 0.25) is 5.82 Å². The number of aromatic nitrogens is 2.